The fraction of sp³-hybridized carbons (Fsp3) is 0.412. The lowest BCUT2D eigenvalue weighted by Crippen LogP contribution is -2.38. The van der Waals surface area contributed by atoms with Crippen molar-refractivity contribution in [3.05, 3.63) is 48.0 Å². The van der Waals surface area contributed by atoms with Gasteiger partial charge in [0.1, 0.15) is 12.7 Å². The highest BCUT2D eigenvalue weighted by Crippen LogP contribution is 2.22. The summed E-state index contributed by atoms with van der Waals surface area (Å²) in [5.41, 5.74) is 1.74. The number of carbonyl (C=O) groups is 2. The van der Waals surface area contributed by atoms with Crippen molar-refractivity contribution in [1.29, 1.82) is 0 Å². The minimum absolute atomic E-state index is 0.0413. The van der Waals surface area contributed by atoms with Crippen LogP contribution in [0.1, 0.15) is 36.7 Å². The largest absolute Gasteiger partial charge is 0.353 e. The number of hydrogen-bond donors (Lipinski definition) is 2. The van der Waals surface area contributed by atoms with Crippen LogP contribution in [-0.2, 0) is 16.8 Å². The molecule has 7 heteroatoms. The summed E-state index contributed by atoms with van der Waals surface area (Å²) in [6, 6.07) is 7.43. The first kappa shape index (κ1) is 17.7. The van der Waals surface area contributed by atoms with E-state index in [1.54, 1.807) is 29.4 Å². The number of nitrogens with one attached hydrogen (secondary N) is 2. The van der Waals surface area contributed by atoms with Crippen LogP contribution < -0.4 is 10.6 Å². The minimum Gasteiger partial charge on any atom is -0.353 e. The highest BCUT2D eigenvalue weighted by atomic mass is 16.2. The smallest absolute Gasteiger partial charge is 0.251 e. The van der Waals surface area contributed by atoms with Crippen molar-refractivity contribution in [2.24, 2.45) is 0 Å². The summed E-state index contributed by atoms with van der Waals surface area (Å²) in [6.45, 7) is 7.33. The van der Waals surface area contributed by atoms with Gasteiger partial charge < -0.3 is 15.2 Å². The Hall–Kier alpha value is -2.70. The van der Waals surface area contributed by atoms with E-state index >= 15 is 0 Å². The molecule has 1 aromatic carbocycles. The zero-order chi connectivity index (χ0) is 17.6. The third kappa shape index (κ3) is 5.19. The van der Waals surface area contributed by atoms with Crippen molar-refractivity contribution in [3.8, 4) is 0 Å². The van der Waals surface area contributed by atoms with Gasteiger partial charge in [-0.15, -0.1) is 10.2 Å². The molecule has 1 heterocycles. The fourth-order valence-electron chi connectivity index (χ4n) is 2.11. The Morgan fingerprint density at radius 3 is 2.25 bits per heavy atom. The van der Waals surface area contributed by atoms with Crippen LogP contribution in [0.4, 0.5) is 0 Å². The van der Waals surface area contributed by atoms with Crippen LogP contribution in [0.5, 0.6) is 0 Å². The molecule has 2 amide bonds. The molecule has 1 aromatic heterocycles. The maximum Gasteiger partial charge on any atom is 0.251 e. The lowest BCUT2D eigenvalue weighted by molar-refractivity contribution is -0.120. The average Bonchev–Trinajstić information content (AvgIpc) is 3.05. The predicted molar refractivity (Wildman–Crippen MR) is 90.5 cm³/mol. The Morgan fingerprint density at radius 2 is 1.67 bits per heavy atom. The van der Waals surface area contributed by atoms with E-state index in [2.05, 4.69) is 41.6 Å². The molecule has 0 bridgehead atoms. The van der Waals surface area contributed by atoms with Crippen molar-refractivity contribution >= 4 is 11.8 Å². The molecule has 128 valence electrons. The predicted octanol–water partition coefficient (Wildman–Crippen LogP) is 1.12. The maximum absolute atomic E-state index is 12.1. The van der Waals surface area contributed by atoms with E-state index in [4.69, 9.17) is 0 Å². The number of rotatable bonds is 6. The molecule has 0 saturated heterocycles. The lowest BCUT2D eigenvalue weighted by Gasteiger charge is -2.19. The normalized spacial score (nSPS) is 11.1. The van der Waals surface area contributed by atoms with Gasteiger partial charge in [-0.3, -0.25) is 9.59 Å². The second kappa shape index (κ2) is 7.72. The molecule has 0 unspecified atom stereocenters. The minimum atomic E-state index is -0.260. The van der Waals surface area contributed by atoms with Crippen LogP contribution >= 0.6 is 0 Å². The molecule has 7 nitrogen and oxygen atoms in total. The van der Waals surface area contributed by atoms with Crippen LogP contribution in [0.15, 0.2) is 36.9 Å². The van der Waals surface area contributed by atoms with Gasteiger partial charge in [0.05, 0.1) is 6.54 Å². The zero-order valence-electron chi connectivity index (χ0n) is 14.2. The Morgan fingerprint density at radius 1 is 1.04 bits per heavy atom. The first-order chi connectivity index (χ1) is 11.4. The van der Waals surface area contributed by atoms with Crippen LogP contribution in [0.25, 0.3) is 0 Å². The molecule has 24 heavy (non-hydrogen) atoms. The summed E-state index contributed by atoms with van der Waals surface area (Å²) in [5, 5.41) is 12.7. The summed E-state index contributed by atoms with van der Waals surface area (Å²) in [4.78, 5) is 23.8. The molecule has 0 fully saturated rings. The Labute approximate surface area is 141 Å². The van der Waals surface area contributed by atoms with E-state index in [1.165, 1.54) is 0 Å². The number of nitrogens with zero attached hydrogens (tertiary/aromatic N) is 3. The van der Waals surface area contributed by atoms with Crippen LogP contribution in [-0.4, -0.2) is 39.7 Å². The second-order valence-corrected chi connectivity index (χ2v) is 6.56. The van der Waals surface area contributed by atoms with E-state index in [9.17, 15) is 9.59 Å². The summed E-state index contributed by atoms with van der Waals surface area (Å²) in [5.74, 6) is -0.493. The van der Waals surface area contributed by atoms with Crippen molar-refractivity contribution in [2.75, 3.05) is 13.1 Å². The van der Waals surface area contributed by atoms with Gasteiger partial charge in [-0.05, 0) is 23.1 Å². The van der Waals surface area contributed by atoms with Gasteiger partial charge in [-0.2, -0.15) is 0 Å². The topological polar surface area (TPSA) is 88.9 Å². The van der Waals surface area contributed by atoms with E-state index in [0.717, 1.165) is 5.56 Å². The van der Waals surface area contributed by atoms with Crippen molar-refractivity contribution in [3.63, 3.8) is 0 Å². The van der Waals surface area contributed by atoms with Gasteiger partial charge in [0.15, 0.2) is 0 Å². The average molecular weight is 329 g/mol. The Kier molecular flexibility index (Phi) is 5.68. The molecular formula is C17H23N5O2. The number of benzene rings is 1. The molecule has 2 rings (SSSR count). The van der Waals surface area contributed by atoms with Gasteiger partial charge in [0, 0.05) is 18.7 Å². The zero-order valence-corrected chi connectivity index (χ0v) is 14.2. The molecule has 0 atom stereocenters. The first-order valence-electron chi connectivity index (χ1n) is 7.84. The van der Waals surface area contributed by atoms with Crippen LogP contribution in [0.2, 0.25) is 0 Å². The second-order valence-electron chi connectivity index (χ2n) is 6.56. The van der Waals surface area contributed by atoms with E-state index < -0.39 is 0 Å². The van der Waals surface area contributed by atoms with Gasteiger partial charge in [0.2, 0.25) is 5.91 Å². The third-order valence-electron chi connectivity index (χ3n) is 3.58. The molecule has 2 N–H and O–H groups in total. The van der Waals surface area contributed by atoms with Gasteiger partial charge in [-0.1, -0.05) is 32.9 Å². The summed E-state index contributed by atoms with van der Waals surface area (Å²) < 4.78 is 1.76. The maximum atomic E-state index is 12.1. The molecule has 0 aliphatic carbocycles. The molecule has 0 aliphatic heterocycles. The molecular weight excluding hydrogens is 306 g/mol. The molecule has 0 radical (unpaired) electrons. The standard InChI is InChI=1S/C17H23N5O2/c1-17(2,3)14-6-4-13(5-7-14)16(24)19-10-15(23)18-8-9-22-11-20-21-12-22/h4-7,11-12H,8-10H2,1-3H3,(H,18,23)(H,19,24). The van der Waals surface area contributed by atoms with E-state index in [-0.39, 0.29) is 23.8 Å². The summed E-state index contributed by atoms with van der Waals surface area (Å²) in [7, 11) is 0. The molecule has 0 aliphatic rings. The van der Waals surface area contributed by atoms with Crippen molar-refractivity contribution < 1.29 is 9.59 Å². The number of amides is 2. The van der Waals surface area contributed by atoms with Gasteiger partial charge in [-0.25, -0.2) is 0 Å². The quantitative estimate of drug-likeness (QED) is 0.831. The van der Waals surface area contributed by atoms with E-state index in [0.29, 0.717) is 18.7 Å². The monoisotopic (exact) mass is 329 g/mol. The summed E-state index contributed by atoms with van der Waals surface area (Å²) in [6.07, 6.45) is 3.16. The highest BCUT2D eigenvalue weighted by molar-refractivity contribution is 5.96. The highest BCUT2D eigenvalue weighted by Gasteiger charge is 2.14. The first-order valence-corrected chi connectivity index (χ1v) is 7.84. The third-order valence-corrected chi connectivity index (χ3v) is 3.58. The molecule has 0 spiro atoms. The van der Waals surface area contributed by atoms with Crippen LogP contribution in [0.3, 0.4) is 0 Å². The van der Waals surface area contributed by atoms with Crippen molar-refractivity contribution in [2.45, 2.75) is 32.7 Å². The van der Waals surface area contributed by atoms with Gasteiger partial charge >= 0.3 is 0 Å². The number of hydrogen-bond acceptors (Lipinski definition) is 4. The SMILES string of the molecule is CC(C)(C)c1ccc(C(=O)NCC(=O)NCCn2cnnc2)cc1. The Bertz CT molecular complexity index is 672. The fourth-order valence-corrected chi connectivity index (χ4v) is 2.11. The number of aromatic nitrogens is 3. The lowest BCUT2D eigenvalue weighted by atomic mass is 9.87. The molecule has 0 saturated carbocycles. The van der Waals surface area contributed by atoms with Crippen molar-refractivity contribution in [1.82, 2.24) is 25.4 Å². The number of carbonyl (C=O) groups excluding carboxylic acids is 2. The Balaban J connectivity index is 1.74. The molecule has 2 aromatic rings. The van der Waals surface area contributed by atoms with Gasteiger partial charge in [0.25, 0.3) is 5.91 Å². The van der Waals surface area contributed by atoms with E-state index in [1.807, 2.05) is 12.1 Å². The van der Waals surface area contributed by atoms with Crippen LogP contribution in [0, 0.1) is 0 Å². The summed E-state index contributed by atoms with van der Waals surface area (Å²) >= 11 is 0.